The Kier molecular flexibility index (Phi) is 4.46. The predicted octanol–water partition coefficient (Wildman–Crippen LogP) is 2.30. The fraction of sp³-hybridized carbons (Fsp3) is 0.0625. The summed E-state index contributed by atoms with van der Waals surface area (Å²) in [5, 5.41) is 0. The molecule has 0 bridgehead atoms. The van der Waals surface area contributed by atoms with Gasteiger partial charge in [0.15, 0.2) is 6.29 Å². The van der Waals surface area contributed by atoms with E-state index in [0.717, 1.165) is 0 Å². The summed E-state index contributed by atoms with van der Waals surface area (Å²) >= 11 is 0. The maximum absolute atomic E-state index is 11.9. The molecule has 0 heterocycles. The zero-order valence-electron chi connectivity index (χ0n) is 11.2. The van der Waals surface area contributed by atoms with Crippen LogP contribution in [0.3, 0.4) is 0 Å². The molecule has 2 aromatic carbocycles. The van der Waals surface area contributed by atoms with Gasteiger partial charge < -0.3 is 9.47 Å². The fourth-order valence-corrected chi connectivity index (χ4v) is 1.67. The van der Waals surface area contributed by atoms with Gasteiger partial charge in [0, 0.05) is 5.56 Å². The number of aldehydes is 1. The Hall–Kier alpha value is -2.95. The lowest BCUT2D eigenvalue weighted by atomic mass is 10.1. The van der Waals surface area contributed by atoms with Crippen LogP contribution < -0.4 is 9.47 Å². The summed E-state index contributed by atoms with van der Waals surface area (Å²) in [7, 11) is 1.53. The van der Waals surface area contributed by atoms with Crippen molar-refractivity contribution in [3.8, 4) is 11.5 Å². The minimum atomic E-state index is -0.669. The van der Waals surface area contributed by atoms with Crippen molar-refractivity contribution in [1.82, 2.24) is 0 Å². The molecule has 0 radical (unpaired) electrons. The smallest absolute Gasteiger partial charge is 0.343 e. The third-order valence-corrected chi connectivity index (χ3v) is 2.76. The zero-order valence-corrected chi connectivity index (χ0v) is 11.2. The Labute approximate surface area is 121 Å². The number of benzene rings is 2. The van der Waals surface area contributed by atoms with E-state index in [1.807, 2.05) is 0 Å². The van der Waals surface area contributed by atoms with Crippen LogP contribution in [0.5, 0.6) is 11.5 Å². The molecule has 2 aromatic rings. The number of ketones is 1. The molecule has 0 amide bonds. The average molecular weight is 284 g/mol. The summed E-state index contributed by atoms with van der Waals surface area (Å²) in [5.41, 5.74) is 0.521. The standard InChI is InChI=1S/C16H12O5/c1-20-13-7-5-11(6-8-13)16(19)21-14-4-2-3-12(9-14)15(18)10-17/h2-10H,1H3. The number of rotatable bonds is 5. The van der Waals surface area contributed by atoms with Crippen LogP contribution >= 0.6 is 0 Å². The van der Waals surface area contributed by atoms with E-state index in [1.54, 1.807) is 24.3 Å². The highest BCUT2D eigenvalue weighted by molar-refractivity contribution is 6.33. The molecule has 0 fully saturated rings. The first-order valence-corrected chi connectivity index (χ1v) is 6.10. The second kappa shape index (κ2) is 6.47. The Morgan fingerprint density at radius 2 is 1.67 bits per heavy atom. The second-order valence-corrected chi connectivity index (χ2v) is 4.13. The van der Waals surface area contributed by atoms with E-state index in [0.29, 0.717) is 11.3 Å². The summed E-state index contributed by atoms with van der Waals surface area (Å²) in [6.07, 6.45) is 0.213. The van der Waals surface area contributed by atoms with E-state index < -0.39 is 11.8 Å². The average Bonchev–Trinajstić information content (AvgIpc) is 2.54. The number of hydrogen-bond acceptors (Lipinski definition) is 5. The number of carbonyl (C=O) groups is 3. The van der Waals surface area contributed by atoms with E-state index in [9.17, 15) is 14.4 Å². The second-order valence-electron chi connectivity index (χ2n) is 4.13. The van der Waals surface area contributed by atoms with Crippen molar-refractivity contribution in [2.24, 2.45) is 0 Å². The highest BCUT2D eigenvalue weighted by Gasteiger charge is 2.11. The summed E-state index contributed by atoms with van der Waals surface area (Å²) < 4.78 is 10.2. The monoisotopic (exact) mass is 284 g/mol. The molecular formula is C16H12O5. The maximum atomic E-state index is 11.9. The molecule has 0 aliphatic carbocycles. The Balaban J connectivity index is 2.15. The van der Waals surface area contributed by atoms with Crippen LogP contribution in [0.25, 0.3) is 0 Å². The fourth-order valence-electron chi connectivity index (χ4n) is 1.67. The third-order valence-electron chi connectivity index (χ3n) is 2.76. The van der Waals surface area contributed by atoms with Crippen molar-refractivity contribution < 1.29 is 23.9 Å². The van der Waals surface area contributed by atoms with Gasteiger partial charge in [0.2, 0.25) is 5.78 Å². The first-order chi connectivity index (χ1) is 10.1. The third kappa shape index (κ3) is 3.54. The lowest BCUT2D eigenvalue weighted by molar-refractivity contribution is -0.104. The molecule has 21 heavy (non-hydrogen) atoms. The lowest BCUT2D eigenvalue weighted by Crippen LogP contribution is -2.09. The van der Waals surface area contributed by atoms with Crippen molar-refractivity contribution in [1.29, 1.82) is 0 Å². The molecule has 0 N–H and O–H groups in total. The molecule has 0 atom stereocenters. The number of methoxy groups -OCH3 is 1. The molecule has 106 valence electrons. The van der Waals surface area contributed by atoms with Gasteiger partial charge in [-0.15, -0.1) is 0 Å². The number of ether oxygens (including phenoxy) is 2. The van der Waals surface area contributed by atoms with Crippen molar-refractivity contribution >= 4 is 18.0 Å². The van der Waals surface area contributed by atoms with Gasteiger partial charge in [-0.25, -0.2) is 4.79 Å². The van der Waals surface area contributed by atoms with E-state index >= 15 is 0 Å². The number of esters is 1. The van der Waals surface area contributed by atoms with Crippen LogP contribution in [0.15, 0.2) is 48.5 Å². The molecule has 0 spiro atoms. The molecule has 0 saturated heterocycles. The normalized spacial score (nSPS) is 9.76. The van der Waals surface area contributed by atoms with Crippen LogP contribution in [-0.2, 0) is 4.79 Å². The first-order valence-electron chi connectivity index (χ1n) is 6.10. The quantitative estimate of drug-likeness (QED) is 0.277. The highest BCUT2D eigenvalue weighted by Crippen LogP contribution is 2.17. The Morgan fingerprint density at radius 1 is 0.952 bits per heavy atom. The van der Waals surface area contributed by atoms with Crippen molar-refractivity contribution in [2.75, 3.05) is 7.11 Å². The minimum absolute atomic E-state index is 0.171. The van der Waals surface area contributed by atoms with Crippen molar-refractivity contribution in [3.63, 3.8) is 0 Å². The molecule has 0 aromatic heterocycles. The van der Waals surface area contributed by atoms with E-state index in [-0.39, 0.29) is 17.6 Å². The number of carbonyl (C=O) groups excluding carboxylic acids is 3. The minimum Gasteiger partial charge on any atom is -0.497 e. The van der Waals surface area contributed by atoms with Crippen molar-refractivity contribution in [3.05, 3.63) is 59.7 Å². The molecule has 0 aliphatic rings. The topological polar surface area (TPSA) is 69.7 Å². The number of hydrogen-bond donors (Lipinski definition) is 0. The summed E-state index contributed by atoms with van der Waals surface area (Å²) in [4.78, 5) is 33.7. The van der Waals surface area contributed by atoms with Crippen LogP contribution in [-0.4, -0.2) is 25.1 Å². The van der Waals surface area contributed by atoms with Crippen LogP contribution in [0, 0.1) is 0 Å². The predicted molar refractivity (Wildman–Crippen MR) is 74.8 cm³/mol. The van der Waals surface area contributed by atoms with Gasteiger partial charge >= 0.3 is 5.97 Å². The van der Waals surface area contributed by atoms with Gasteiger partial charge in [-0.1, -0.05) is 12.1 Å². The SMILES string of the molecule is COc1ccc(C(=O)Oc2cccc(C(=O)C=O)c2)cc1. The summed E-state index contributed by atoms with van der Waals surface area (Å²) in [5.74, 6) is -0.403. The highest BCUT2D eigenvalue weighted by atomic mass is 16.5. The molecule has 5 nitrogen and oxygen atoms in total. The molecule has 2 rings (SSSR count). The summed E-state index contributed by atoms with van der Waals surface area (Å²) in [6.45, 7) is 0. The van der Waals surface area contributed by atoms with E-state index in [4.69, 9.17) is 9.47 Å². The lowest BCUT2D eigenvalue weighted by Gasteiger charge is -2.06. The van der Waals surface area contributed by atoms with E-state index in [1.165, 1.54) is 31.4 Å². The van der Waals surface area contributed by atoms with Gasteiger partial charge in [0.1, 0.15) is 11.5 Å². The van der Waals surface area contributed by atoms with Crippen molar-refractivity contribution in [2.45, 2.75) is 0 Å². The Bertz CT molecular complexity index is 673. The van der Waals surface area contributed by atoms with Gasteiger partial charge in [-0.05, 0) is 36.4 Å². The van der Waals surface area contributed by atoms with Crippen LogP contribution in [0.4, 0.5) is 0 Å². The van der Waals surface area contributed by atoms with Gasteiger partial charge in [0.05, 0.1) is 12.7 Å². The zero-order chi connectivity index (χ0) is 15.2. The molecule has 0 aliphatic heterocycles. The van der Waals surface area contributed by atoms with E-state index in [2.05, 4.69) is 0 Å². The van der Waals surface area contributed by atoms with Crippen LogP contribution in [0.2, 0.25) is 0 Å². The van der Waals surface area contributed by atoms with Crippen LogP contribution in [0.1, 0.15) is 20.7 Å². The maximum Gasteiger partial charge on any atom is 0.343 e. The molecule has 5 heteroatoms. The van der Waals surface area contributed by atoms with Gasteiger partial charge in [-0.2, -0.15) is 0 Å². The molecule has 0 saturated carbocycles. The molecular weight excluding hydrogens is 272 g/mol. The largest absolute Gasteiger partial charge is 0.497 e. The first kappa shape index (κ1) is 14.5. The molecule has 0 unspecified atom stereocenters. The Morgan fingerprint density at radius 3 is 2.29 bits per heavy atom. The number of Topliss-reactive ketones (excluding diaryl/α,β-unsaturated/α-hetero) is 1. The van der Waals surface area contributed by atoms with Gasteiger partial charge in [0.25, 0.3) is 0 Å². The van der Waals surface area contributed by atoms with Gasteiger partial charge in [-0.3, -0.25) is 9.59 Å². The summed E-state index contributed by atoms with van der Waals surface area (Å²) in [6, 6.07) is 12.3.